The fourth-order valence-corrected chi connectivity index (χ4v) is 1.74. The van der Waals surface area contributed by atoms with Crippen LogP contribution in [0.15, 0.2) is 24.3 Å². The Balaban J connectivity index is 2.44. The standard InChI is InChI=1S/C14H21NO3/c1-4-18-14(16)10-15-11(2)9-12-7-5-6-8-13(12)17-3/h5-8,11,15H,4,9-10H2,1-3H3. The van der Waals surface area contributed by atoms with E-state index in [4.69, 9.17) is 9.47 Å². The smallest absolute Gasteiger partial charge is 0.319 e. The second-order valence-corrected chi connectivity index (χ2v) is 4.10. The van der Waals surface area contributed by atoms with Gasteiger partial charge in [-0.05, 0) is 31.9 Å². The van der Waals surface area contributed by atoms with Crippen LogP contribution in [0.4, 0.5) is 0 Å². The van der Waals surface area contributed by atoms with E-state index in [2.05, 4.69) is 5.32 Å². The summed E-state index contributed by atoms with van der Waals surface area (Å²) in [6.45, 7) is 4.49. The summed E-state index contributed by atoms with van der Waals surface area (Å²) in [6, 6.07) is 8.08. The van der Waals surface area contributed by atoms with Gasteiger partial charge in [0.25, 0.3) is 0 Å². The van der Waals surface area contributed by atoms with Crippen LogP contribution in [0.25, 0.3) is 0 Å². The molecule has 100 valence electrons. The van der Waals surface area contributed by atoms with Gasteiger partial charge in [0.2, 0.25) is 0 Å². The molecular formula is C14H21NO3. The summed E-state index contributed by atoms with van der Waals surface area (Å²) in [4.78, 5) is 11.2. The Labute approximate surface area is 108 Å². The van der Waals surface area contributed by atoms with Crippen LogP contribution in [0.1, 0.15) is 19.4 Å². The lowest BCUT2D eigenvalue weighted by atomic mass is 10.1. The van der Waals surface area contributed by atoms with Crippen molar-refractivity contribution in [1.82, 2.24) is 5.32 Å². The maximum Gasteiger partial charge on any atom is 0.319 e. The quantitative estimate of drug-likeness (QED) is 0.750. The number of carbonyl (C=O) groups is 1. The van der Waals surface area contributed by atoms with Gasteiger partial charge >= 0.3 is 5.97 Å². The summed E-state index contributed by atoms with van der Waals surface area (Å²) < 4.78 is 10.2. The largest absolute Gasteiger partial charge is 0.496 e. The number of rotatable bonds is 7. The van der Waals surface area contributed by atoms with E-state index in [-0.39, 0.29) is 18.6 Å². The zero-order valence-corrected chi connectivity index (χ0v) is 11.2. The maximum atomic E-state index is 11.2. The van der Waals surface area contributed by atoms with Crippen LogP contribution in [0.2, 0.25) is 0 Å². The molecule has 1 N–H and O–H groups in total. The third-order valence-electron chi connectivity index (χ3n) is 2.62. The Morgan fingerprint density at radius 2 is 2.11 bits per heavy atom. The number of carbonyl (C=O) groups excluding carboxylic acids is 1. The number of benzene rings is 1. The lowest BCUT2D eigenvalue weighted by molar-refractivity contribution is -0.142. The number of ether oxygens (including phenoxy) is 2. The minimum absolute atomic E-state index is 0.186. The van der Waals surface area contributed by atoms with E-state index in [1.165, 1.54) is 0 Å². The Hall–Kier alpha value is -1.55. The predicted molar refractivity (Wildman–Crippen MR) is 70.8 cm³/mol. The number of hydrogen-bond donors (Lipinski definition) is 1. The molecule has 1 atom stereocenters. The molecule has 0 saturated heterocycles. The molecular weight excluding hydrogens is 230 g/mol. The summed E-state index contributed by atoms with van der Waals surface area (Å²) in [5, 5.41) is 3.14. The van der Waals surface area contributed by atoms with Gasteiger partial charge in [0.15, 0.2) is 0 Å². The van der Waals surface area contributed by atoms with E-state index in [1.54, 1.807) is 14.0 Å². The van der Waals surface area contributed by atoms with Crippen molar-refractivity contribution >= 4 is 5.97 Å². The van der Waals surface area contributed by atoms with Gasteiger partial charge in [0.1, 0.15) is 5.75 Å². The first-order valence-corrected chi connectivity index (χ1v) is 6.18. The van der Waals surface area contributed by atoms with Crippen molar-refractivity contribution < 1.29 is 14.3 Å². The molecule has 0 bridgehead atoms. The first-order valence-electron chi connectivity index (χ1n) is 6.18. The van der Waals surface area contributed by atoms with Crippen LogP contribution in [-0.2, 0) is 16.0 Å². The Kier molecular flexibility index (Phi) is 6.22. The maximum absolute atomic E-state index is 11.2. The second-order valence-electron chi connectivity index (χ2n) is 4.10. The number of esters is 1. The van der Waals surface area contributed by atoms with Crippen LogP contribution < -0.4 is 10.1 Å². The van der Waals surface area contributed by atoms with E-state index < -0.39 is 0 Å². The van der Waals surface area contributed by atoms with Gasteiger partial charge < -0.3 is 14.8 Å². The molecule has 1 rings (SSSR count). The highest BCUT2D eigenvalue weighted by Crippen LogP contribution is 2.18. The fourth-order valence-electron chi connectivity index (χ4n) is 1.74. The molecule has 0 aliphatic rings. The van der Waals surface area contributed by atoms with Crippen molar-refractivity contribution in [3.05, 3.63) is 29.8 Å². The van der Waals surface area contributed by atoms with Crippen LogP contribution in [-0.4, -0.2) is 32.3 Å². The summed E-state index contributed by atoms with van der Waals surface area (Å²) in [7, 11) is 1.66. The summed E-state index contributed by atoms with van der Waals surface area (Å²) in [5.41, 5.74) is 1.13. The van der Waals surface area contributed by atoms with Gasteiger partial charge in [0, 0.05) is 6.04 Å². The third kappa shape index (κ3) is 4.75. The first kappa shape index (κ1) is 14.5. The molecule has 18 heavy (non-hydrogen) atoms. The highest BCUT2D eigenvalue weighted by Gasteiger charge is 2.09. The van der Waals surface area contributed by atoms with E-state index in [1.807, 2.05) is 31.2 Å². The van der Waals surface area contributed by atoms with E-state index >= 15 is 0 Å². The molecule has 0 radical (unpaired) electrons. The SMILES string of the molecule is CCOC(=O)CNC(C)Cc1ccccc1OC. The van der Waals surface area contributed by atoms with Gasteiger partial charge in [-0.2, -0.15) is 0 Å². The van der Waals surface area contributed by atoms with Crippen LogP contribution in [0.5, 0.6) is 5.75 Å². The molecule has 0 aromatic heterocycles. The number of methoxy groups -OCH3 is 1. The second kappa shape index (κ2) is 7.71. The van der Waals surface area contributed by atoms with Crippen LogP contribution in [0, 0.1) is 0 Å². The highest BCUT2D eigenvalue weighted by molar-refractivity contribution is 5.71. The number of nitrogens with one attached hydrogen (secondary N) is 1. The molecule has 0 fully saturated rings. The van der Waals surface area contributed by atoms with Crippen LogP contribution in [0.3, 0.4) is 0 Å². The molecule has 0 heterocycles. The average molecular weight is 251 g/mol. The normalized spacial score (nSPS) is 11.9. The molecule has 4 nitrogen and oxygen atoms in total. The van der Waals surface area contributed by atoms with E-state index in [0.29, 0.717) is 6.61 Å². The summed E-state index contributed by atoms with van der Waals surface area (Å²) >= 11 is 0. The Morgan fingerprint density at radius 1 is 1.39 bits per heavy atom. The van der Waals surface area contributed by atoms with Gasteiger partial charge in [-0.25, -0.2) is 0 Å². The van der Waals surface area contributed by atoms with Crippen molar-refractivity contribution in [2.45, 2.75) is 26.3 Å². The Bertz CT molecular complexity index is 379. The number of para-hydroxylation sites is 1. The first-order chi connectivity index (χ1) is 8.67. The van der Waals surface area contributed by atoms with Gasteiger partial charge in [-0.1, -0.05) is 18.2 Å². The molecule has 0 spiro atoms. The van der Waals surface area contributed by atoms with Crippen molar-refractivity contribution in [3.8, 4) is 5.75 Å². The topological polar surface area (TPSA) is 47.6 Å². The van der Waals surface area contributed by atoms with E-state index in [9.17, 15) is 4.79 Å². The van der Waals surface area contributed by atoms with Gasteiger partial charge in [-0.15, -0.1) is 0 Å². The van der Waals surface area contributed by atoms with Crippen molar-refractivity contribution in [2.75, 3.05) is 20.3 Å². The van der Waals surface area contributed by atoms with Gasteiger partial charge in [-0.3, -0.25) is 4.79 Å². The van der Waals surface area contributed by atoms with E-state index in [0.717, 1.165) is 17.7 Å². The Morgan fingerprint density at radius 3 is 2.78 bits per heavy atom. The molecule has 0 aliphatic carbocycles. The van der Waals surface area contributed by atoms with Gasteiger partial charge in [0.05, 0.1) is 20.3 Å². The lowest BCUT2D eigenvalue weighted by Crippen LogP contribution is -2.33. The zero-order valence-electron chi connectivity index (χ0n) is 11.2. The predicted octanol–water partition coefficient (Wildman–Crippen LogP) is 1.78. The molecule has 4 heteroatoms. The van der Waals surface area contributed by atoms with Crippen LogP contribution >= 0.6 is 0 Å². The highest BCUT2D eigenvalue weighted by atomic mass is 16.5. The molecule has 1 unspecified atom stereocenters. The van der Waals surface area contributed by atoms with Crippen molar-refractivity contribution in [1.29, 1.82) is 0 Å². The monoisotopic (exact) mass is 251 g/mol. The minimum Gasteiger partial charge on any atom is -0.496 e. The summed E-state index contributed by atoms with van der Waals surface area (Å²) in [6.07, 6.45) is 0.809. The molecule has 1 aromatic rings. The van der Waals surface area contributed by atoms with Crippen molar-refractivity contribution in [3.63, 3.8) is 0 Å². The molecule has 0 aliphatic heterocycles. The zero-order chi connectivity index (χ0) is 13.4. The van der Waals surface area contributed by atoms with Crippen molar-refractivity contribution in [2.24, 2.45) is 0 Å². The molecule has 0 amide bonds. The number of hydrogen-bond acceptors (Lipinski definition) is 4. The molecule has 1 aromatic carbocycles. The third-order valence-corrected chi connectivity index (χ3v) is 2.62. The summed E-state index contributed by atoms with van der Waals surface area (Å²) in [5.74, 6) is 0.659. The fraction of sp³-hybridized carbons (Fsp3) is 0.500. The lowest BCUT2D eigenvalue weighted by Gasteiger charge is -2.15. The molecule has 0 saturated carbocycles. The average Bonchev–Trinajstić information content (AvgIpc) is 2.37. The minimum atomic E-state index is -0.218.